The van der Waals surface area contributed by atoms with E-state index in [-0.39, 0.29) is 11.9 Å². The molecule has 2 heterocycles. The zero-order valence-electron chi connectivity index (χ0n) is 13.1. The van der Waals surface area contributed by atoms with E-state index < -0.39 is 0 Å². The first-order valence-electron chi connectivity index (χ1n) is 7.31. The van der Waals surface area contributed by atoms with E-state index in [1.165, 1.54) is 11.3 Å². The highest BCUT2D eigenvalue weighted by atomic mass is 32.1. The normalized spacial score (nSPS) is 16.5. The fourth-order valence-electron chi connectivity index (χ4n) is 2.53. The molecule has 0 unspecified atom stereocenters. The van der Waals surface area contributed by atoms with Gasteiger partial charge in [0.15, 0.2) is 11.5 Å². The molecule has 0 atom stereocenters. The summed E-state index contributed by atoms with van der Waals surface area (Å²) >= 11 is 1.44. The number of carbonyl (C=O) groups excluding carboxylic acids is 1. The first kappa shape index (κ1) is 16.1. The number of ether oxygens (including phenoxy) is 2. The van der Waals surface area contributed by atoms with Crippen LogP contribution in [-0.4, -0.2) is 38.2 Å². The molecule has 1 aromatic rings. The second-order valence-electron chi connectivity index (χ2n) is 5.62. The van der Waals surface area contributed by atoms with Crippen molar-refractivity contribution in [2.45, 2.75) is 45.8 Å². The molecule has 0 spiro atoms. The largest absolute Gasteiger partial charge is 0.486 e. The van der Waals surface area contributed by atoms with Gasteiger partial charge in [-0.05, 0) is 26.7 Å². The Kier molecular flexibility index (Phi) is 5.11. The SMILES string of the molecule is COC1CCN(c2sc(C(C)=O)c(N)c2OC(C)C)CC1. The van der Waals surface area contributed by atoms with Gasteiger partial charge in [0.25, 0.3) is 0 Å². The highest BCUT2D eigenvalue weighted by molar-refractivity contribution is 7.19. The predicted molar refractivity (Wildman–Crippen MR) is 86.7 cm³/mol. The Balaban J connectivity index is 2.29. The van der Waals surface area contributed by atoms with Crippen molar-refractivity contribution in [3.05, 3.63) is 4.88 Å². The van der Waals surface area contributed by atoms with Crippen LogP contribution in [0.3, 0.4) is 0 Å². The molecule has 0 bridgehead atoms. The smallest absolute Gasteiger partial charge is 0.177 e. The van der Waals surface area contributed by atoms with Gasteiger partial charge >= 0.3 is 0 Å². The minimum atomic E-state index is -0.0101. The monoisotopic (exact) mass is 312 g/mol. The molecule has 5 nitrogen and oxygen atoms in total. The number of nitrogens with zero attached hydrogens (tertiary/aromatic N) is 1. The van der Waals surface area contributed by atoms with Crippen molar-refractivity contribution in [1.82, 2.24) is 0 Å². The van der Waals surface area contributed by atoms with Crippen LogP contribution in [0.4, 0.5) is 10.7 Å². The lowest BCUT2D eigenvalue weighted by molar-refractivity contribution is 0.0819. The lowest BCUT2D eigenvalue weighted by Crippen LogP contribution is -2.36. The third-order valence-corrected chi connectivity index (χ3v) is 4.97. The van der Waals surface area contributed by atoms with Gasteiger partial charge in [0.1, 0.15) is 5.00 Å². The van der Waals surface area contributed by atoms with Crippen LogP contribution in [0.5, 0.6) is 5.75 Å². The summed E-state index contributed by atoms with van der Waals surface area (Å²) in [6.07, 6.45) is 2.30. The third kappa shape index (κ3) is 3.49. The number of thiophene rings is 1. The van der Waals surface area contributed by atoms with Gasteiger partial charge in [-0.15, -0.1) is 11.3 Å². The molecule has 1 fully saturated rings. The van der Waals surface area contributed by atoms with Gasteiger partial charge in [0.05, 0.1) is 22.8 Å². The Hall–Kier alpha value is -1.27. The number of anilines is 2. The summed E-state index contributed by atoms with van der Waals surface area (Å²) in [5.41, 5.74) is 6.60. The molecule has 1 aromatic heterocycles. The molecule has 2 rings (SSSR count). The molecule has 118 valence electrons. The van der Waals surface area contributed by atoms with Crippen molar-refractivity contribution in [2.24, 2.45) is 0 Å². The predicted octanol–water partition coefficient (Wildman–Crippen LogP) is 2.94. The van der Waals surface area contributed by atoms with Crippen LogP contribution >= 0.6 is 11.3 Å². The molecule has 6 heteroatoms. The van der Waals surface area contributed by atoms with Gasteiger partial charge in [0.2, 0.25) is 0 Å². The van der Waals surface area contributed by atoms with Crippen LogP contribution in [0.1, 0.15) is 43.3 Å². The van der Waals surface area contributed by atoms with E-state index in [4.69, 9.17) is 15.2 Å². The summed E-state index contributed by atoms with van der Waals surface area (Å²) in [6, 6.07) is 0. The summed E-state index contributed by atoms with van der Waals surface area (Å²) in [4.78, 5) is 14.6. The standard InChI is InChI=1S/C15H24N2O3S/c1-9(2)20-13-12(16)14(10(3)18)21-15(13)17-7-5-11(19-4)6-8-17/h9,11H,5-8,16H2,1-4H3. The van der Waals surface area contributed by atoms with Crippen molar-refractivity contribution >= 4 is 27.8 Å². The number of carbonyl (C=O) groups is 1. The van der Waals surface area contributed by atoms with Gasteiger partial charge in [-0.1, -0.05) is 0 Å². The van der Waals surface area contributed by atoms with Crippen molar-refractivity contribution in [3.8, 4) is 5.75 Å². The maximum absolute atomic E-state index is 11.7. The van der Waals surface area contributed by atoms with E-state index in [1.54, 1.807) is 14.0 Å². The molecule has 0 radical (unpaired) electrons. The molecular weight excluding hydrogens is 288 g/mol. The molecule has 1 saturated heterocycles. The second kappa shape index (κ2) is 6.66. The number of methoxy groups -OCH3 is 1. The minimum Gasteiger partial charge on any atom is -0.486 e. The molecule has 1 aliphatic rings. The van der Waals surface area contributed by atoms with Gasteiger partial charge in [0, 0.05) is 27.1 Å². The summed E-state index contributed by atoms with van der Waals surface area (Å²) < 4.78 is 11.3. The van der Waals surface area contributed by atoms with Crippen LogP contribution in [0.25, 0.3) is 0 Å². The maximum atomic E-state index is 11.7. The van der Waals surface area contributed by atoms with Crippen LogP contribution in [0.2, 0.25) is 0 Å². The quantitative estimate of drug-likeness (QED) is 0.847. The molecule has 0 amide bonds. The zero-order chi connectivity index (χ0) is 15.6. The van der Waals surface area contributed by atoms with Crippen molar-refractivity contribution in [1.29, 1.82) is 0 Å². The number of hydrogen-bond acceptors (Lipinski definition) is 6. The molecule has 0 aliphatic carbocycles. The van der Waals surface area contributed by atoms with E-state index >= 15 is 0 Å². The highest BCUT2D eigenvalue weighted by Crippen LogP contribution is 2.46. The molecule has 2 N–H and O–H groups in total. The van der Waals surface area contributed by atoms with Crippen molar-refractivity contribution < 1.29 is 14.3 Å². The first-order valence-corrected chi connectivity index (χ1v) is 8.13. The molecule has 0 aromatic carbocycles. The fraction of sp³-hybridized carbons (Fsp3) is 0.667. The Bertz CT molecular complexity index is 505. The lowest BCUT2D eigenvalue weighted by atomic mass is 10.1. The first-order chi connectivity index (χ1) is 9.93. The Morgan fingerprint density at radius 1 is 1.38 bits per heavy atom. The molecule has 21 heavy (non-hydrogen) atoms. The molecular formula is C15H24N2O3S. The average molecular weight is 312 g/mol. The van der Waals surface area contributed by atoms with E-state index in [0.717, 1.165) is 30.9 Å². The van der Waals surface area contributed by atoms with E-state index in [1.807, 2.05) is 13.8 Å². The number of nitrogens with two attached hydrogens (primary N) is 1. The Labute approximate surface area is 130 Å². The minimum absolute atomic E-state index is 0.0101. The van der Waals surface area contributed by atoms with Gasteiger partial charge < -0.3 is 20.1 Å². The van der Waals surface area contributed by atoms with Gasteiger partial charge in [-0.3, -0.25) is 4.79 Å². The summed E-state index contributed by atoms with van der Waals surface area (Å²) in [5, 5.41) is 0.973. The summed E-state index contributed by atoms with van der Waals surface area (Å²) in [5.74, 6) is 0.653. The van der Waals surface area contributed by atoms with Crippen LogP contribution < -0.4 is 15.4 Å². The maximum Gasteiger partial charge on any atom is 0.177 e. The topological polar surface area (TPSA) is 64.8 Å². The van der Waals surface area contributed by atoms with E-state index in [9.17, 15) is 4.79 Å². The van der Waals surface area contributed by atoms with E-state index in [2.05, 4.69) is 4.90 Å². The number of piperidine rings is 1. The zero-order valence-corrected chi connectivity index (χ0v) is 14.0. The summed E-state index contributed by atoms with van der Waals surface area (Å²) in [6.45, 7) is 7.26. The second-order valence-corrected chi connectivity index (χ2v) is 6.62. The van der Waals surface area contributed by atoms with Crippen LogP contribution in [-0.2, 0) is 4.74 Å². The number of nitrogen functional groups attached to an aromatic ring is 1. The van der Waals surface area contributed by atoms with Gasteiger partial charge in [-0.2, -0.15) is 0 Å². The number of hydrogen-bond donors (Lipinski definition) is 1. The van der Waals surface area contributed by atoms with E-state index in [0.29, 0.717) is 22.4 Å². The fourth-order valence-corrected chi connectivity index (χ4v) is 3.63. The molecule has 0 saturated carbocycles. The third-order valence-electron chi connectivity index (χ3n) is 3.62. The Morgan fingerprint density at radius 2 is 2.00 bits per heavy atom. The molecule has 1 aliphatic heterocycles. The number of Topliss-reactive ketones (excluding diaryl/α,β-unsaturated/α-hetero) is 1. The van der Waals surface area contributed by atoms with Crippen LogP contribution in [0, 0.1) is 0 Å². The van der Waals surface area contributed by atoms with Crippen molar-refractivity contribution in [2.75, 3.05) is 30.8 Å². The Morgan fingerprint density at radius 3 is 2.48 bits per heavy atom. The number of ketones is 1. The highest BCUT2D eigenvalue weighted by Gasteiger charge is 2.27. The van der Waals surface area contributed by atoms with Crippen molar-refractivity contribution in [3.63, 3.8) is 0 Å². The lowest BCUT2D eigenvalue weighted by Gasteiger charge is -2.32. The average Bonchev–Trinajstić information content (AvgIpc) is 2.76. The number of rotatable bonds is 5. The van der Waals surface area contributed by atoms with Gasteiger partial charge in [-0.25, -0.2) is 0 Å². The van der Waals surface area contributed by atoms with Crippen LogP contribution in [0.15, 0.2) is 0 Å². The summed E-state index contributed by atoms with van der Waals surface area (Å²) in [7, 11) is 1.75.